The standard InChI is InChI=1S/C19H20ClNOS/c20-17-8-4-5-9-18(17)23-13-12-19(22)21(16-10-11-16)14-15-6-2-1-3-7-15/h1-9,16H,10-14H2. The Morgan fingerprint density at radius 3 is 2.48 bits per heavy atom. The van der Waals surface area contributed by atoms with Crippen LogP contribution in [0.4, 0.5) is 0 Å². The smallest absolute Gasteiger partial charge is 0.223 e. The van der Waals surface area contributed by atoms with Gasteiger partial charge in [0.2, 0.25) is 5.91 Å². The first kappa shape index (κ1) is 16.4. The summed E-state index contributed by atoms with van der Waals surface area (Å²) in [5.74, 6) is 1.01. The van der Waals surface area contributed by atoms with Crippen molar-refractivity contribution in [2.45, 2.75) is 36.7 Å². The largest absolute Gasteiger partial charge is 0.335 e. The van der Waals surface area contributed by atoms with Crippen LogP contribution in [-0.2, 0) is 11.3 Å². The van der Waals surface area contributed by atoms with Crippen molar-refractivity contribution in [3.63, 3.8) is 0 Å². The number of hydrogen-bond acceptors (Lipinski definition) is 2. The fraction of sp³-hybridized carbons (Fsp3) is 0.316. The molecule has 0 spiro atoms. The molecule has 4 heteroatoms. The monoisotopic (exact) mass is 345 g/mol. The Hall–Kier alpha value is -1.45. The lowest BCUT2D eigenvalue weighted by Gasteiger charge is -2.22. The molecular formula is C19H20ClNOS. The zero-order chi connectivity index (χ0) is 16.1. The van der Waals surface area contributed by atoms with Crippen LogP contribution in [0.1, 0.15) is 24.8 Å². The van der Waals surface area contributed by atoms with E-state index in [1.807, 2.05) is 47.4 Å². The third kappa shape index (κ3) is 4.76. The van der Waals surface area contributed by atoms with E-state index in [9.17, 15) is 4.79 Å². The lowest BCUT2D eigenvalue weighted by molar-refractivity contribution is -0.131. The highest BCUT2D eigenvalue weighted by atomic mass is 35.5. The molecule has 0 heterocycles. The summed E-state index contributed by atoms with van der Waals surface area (Å²) < 4.78 is 0. The SMILES string of the molecule is O=C(CCSc1ccccc1Cl)N(Cc1ccccc1)C1CC1. The molecule has 1 aliphatic rings. The van der Waals surface area contributed by atoms with E-state index in [2.05, 4.69) is 12.1 Å². The number of hydrogen-bond donors (Lipinski definition) is 0. The van der Waals surface area contributed by atoms with E-state index in [1.54, 1.807) is 11.8 Å². The summed E-state index contributed by atoms with van der Waals surface area (Å²) in [4.78, 5) is 15.7. The Bertz CT molecular complexity index is 657. The number of carbonyl (C=O) groups is 1. The average Bonchev–Trinajstić information content (AvgIpc) is 3.40. The highest BCUT2D eigenvalue weighted by molar-refractivity contribution is 7.99. The van der Waals surface area contributed by atoms with Gasteiger partial charge >= 0.3 is 0 Å². The topological polar surface area (TPSA) is 20.3 Å². The Morgan fingerprint density at radius 2 is 1.78 bits per heavy atom. The Morgan fingerprint density at radius 1 is 1.09 bits per heavy atom. The predicted molar refractivity (Wildman–Crippen MR) is 96.8 cm³/mol. The number of nitrogens with zero attached hydrogens (tertiary/aromatic N) is 1. The molecule has 2 aromatic rings. The van der Waals surface area contributed by atoms with Gasteiger partial charge in [-0.25, -0.2) is 0 Å². The summed E-state index contributed by atoms with van der Waals surface area (Å²) in [5.41, 5.74) is 1.20. The van der Waals surface area contributed by atoms with Gasteiger partial charge in [-0.3, -0.25) is 4.79 Å². The van der Waals surface area contributed by atoms with Gasteiger partial charge in [-0.1, -0.05) is 54.1 Å². The molecule has 0 bridgehead atoms. The van der Waals surface area contributed by atoms with E-state index in [0.717, 1.165) is 35.1 Å². The number of thioether (sulfide) groups is 1. The Balaban J connectivity index is 1.54. The van der Waals surface area contributed by atoms with Gasteiger partial charge in [0, 0.05) is 29.7 Å². The number of halogens is 1. The summed E-state index contributed by atoms with van der Waals surface area (Å²) in [6, 6.07) is 18.4. The van der Waals surface area contributed by atoms with Gasteiger partial charge in [0.1, 0.15) is 0 Å². The van der Waals surface area contributed by atoms with Gasteiger partial charge in [-0.05, 0) is 30.5 Å². The molecule has 1 aliphatic carbocycles. The van der Waals surface area contributed by atoms with Gasteiger partial charge in [-0.2, -0.15) is 0 Å². The van der Waals surface area contributed by atoms with E-state index in [-0.39, 0.29) is 5.91 Å². The minimum atomic E-state index is 0.246. The van der Waals surface area contributed by atoms with Gasteiger partial charge in [0.15, 0.2) is 0 Å². The second kappa shape index (κ2) is 7.89. The molecule has 2 nitrogen and oxygen atoms in total. The highest BCUT2D eigenvalue weighted by Gasteiger charge is 2.32. The molecule has 0 atom stereocenters. The lowest BCUT2D eigenvalue weighted by Crippen LogP contribution is -2.32. The minimum Gasteiger partial charge on any atom is -0.335 e. The molecule has 0 aliphatic heterocycles. The van der Waals surface area contributed by atoms with Gasteiger partial charge in [0.05, 0.1) is 5.02 Å². The van der Waals surface area contributed by atoms with Crippen LogP contribution in [0.3, 0.4) is 0 Å². The molecule has 120 valence electrons. The van der Waals surface area contributed by atoms with Gasteiger partial charge < -0.3 is 4.90 Å². The second-order valence-electron chi connectivity index (χ2n) is 5.77. The molecule has 1 saturated carbocycles. The van der Waals surface area contributed by atoms with Gasteiger partial charge in [-0.15, -0.1) is 11.8 Å². The van der Waals surface area contributed by atoms with Crippen molar-refractivity contribution in [2.75, 3.05) is 5.75 Å². The van der Waals surface area contributed by atoms with Crippen molar-refractivity contribution in [1.82, 2.24) is 4.90 Å². The highest BCUT2D eigenvalue weighted by Crippen LogP contribution is 2.30. The second-order valence-corrected chi connectivity index (χ2v) is 7.31. The van der Waals surface area contributed by atoms with E-state index < -0.39 is 0 Å². The predicted octanol–water partition coefficient (Wildman–Crippen LogP) is 5.01. The fourth-order valence-corrected chi connectivity index (χ4v) is 3.72. The number of amides is 1. The van der Waals surface area contributed by atoms with Crippen LogP contribution >= 0.6 is 23.4 Å². The quantitative estimate of drug-likeness (QED) is 0.657. The van der Waals surface area contributed by atoms with Crippen molar-refractivity contribution in [2.24, 2.45) is 0 Å². The van der Waals surface area contributed by atoms with Crippen LogP contribution in [0.25, 0.3) is 0 Å². The van der Waals surface area contributed by atoms with E-state index in [1.165, 1.54) is 5.56 Å². The Labute approximate surface area is 146 Å². The summed E-state index contributed by atoms with van der Waals surface area (Å²) in [5, 5.41) is 0.758. The molecular weight excluding hydrogens is 326 g/mol. The molecule has 3 rings (SSSR count). The van der Waals surface area contributed by atoms with E-state index >= 15 is 0 Å². The number of carbonyl (C=O) groups excluding carboxylic acids is 1. The molecule has 0 radical (unpaired) electrons. The summed E-state index contributed by atoms with van der Waals surface area (Å²) in [6.07, 6.45) is 2.83. The number of rotatable bonds is 7. The van der Waals surface area contributed by atoms with Crippen molar-refractivity contribution in [3.8, 4) is 0 Å². The zero-order valence-electron chi connectivity index (χ0n) is 13.0. The first-order chi connectivity index (χ1) is 11.2. The molecule has 0 unspecified atom stereocenters. The molecule has 1 fully saturated rings. The van der Waals surface area contributed by atoms with E-state index in [0.29, 0.717) is 12.5 Å². The summed E-state index contributed by atoms with van der Waals surface area (Å²) in [6.45, 7) is 0.723. The van der Waals surface area contributed by atoms with Crippen molar-refractivity contribution < 1.29 is 4.79 Å². The van der Waals surface area contributed by atoms with Crippen LogP contribution in [0, 0.1) is 0 Å². The molecule has 1 amide bonds. The van der Waals surface area contributed by atoms with Crippen LogP contribution in [-0.4, -0.2) is 22.6 Å². The lowest BCUT2D eigenvalue weighted by atomic mass is 10.2. The number of benzene rings is 2. The van der Waals surface area contributed by atoms with Crippen LogP contribution < -0.4 is 0 Å². The maximum atomic E-state index is 12.6. The molecule has 0 saturated heterocycles. The molecule has 0 N–H and O–H groups in total. The first-order valence-electron chi connectivity index (χ1n) is 7.95. The van der Waals surface area contributed by atoms with Crippen molar-refractivity contribution in [1.29, 1.82) is 0 Å². The van der Waals surface area contributed by atoms with Crippen LogP contribution in [0.2, 0.25) is 5.02 Å². The van der Waals surface area contributed by atoms with E-state index in [4.69, 9.17) is 11.6 Å². The summed E-state index contributed by atoms with van der Waals surface area (Å²) >= 11 is 7.81. The van der Waals surface area contributed by atoms with Crippen LogP contribution in [0.15, 0.2) is 59.5 Å². The normalized spacial score (nSPS) is 13.8. The van der Waals surface area contributed by atoms with Crippen molar-refractivity contribution in [3.05, 3.63) is 65.2 Å². The minimum absolute atomic E-state index is 0.246. The van der Waals surface area contributed by atoms with Crippen molar-refractivity contribution >= 4 is 29.3 Å². The zero-order valence-corrected chi connectivity index (χ0v) is 14.5. The molecule has 0 aromatic heterocycles. The fourth-order valence-electron chi connectivity index (χ4n) is 2.54. The molecule has 23 heavy (non-hydrogen) atoms. The first-order valence-corrected chi connectivity index (χ1v) is 9.31. The summed E-state index contributed by atoms with van der Waals surface area (Å²) in [7, 11) is 0. The third-order valence-electron chi connectivity index (χ3n) is 3.91. The maximum Gasteiger partial charge on any atom is 0.223 e. The third-order valence-corrected chi connectivity index (χ3v) is 5.43. The molecule has 2 aromatic carbocycles. The maximum absolute atomic E-state index is 12.6. The van der Waals surface area contributed by atoms with Crippen LogP contribution in [0.5, 0.6) is 0 Å². The van der Waals surface area contributed by atoms with Gasteiger partial charge in [0.25, 0.3) is 0 Å². The average molecular weight is 346 g/mol. The Kier molecular flexibility index (Phi) is 5.63.